The molecule has 0 unspecified atom stereocenters. The molecule has 1 amide bonds. The van der Waals surface area contributed by atoms with Gasteiger partial charge in [-0.15, -0.1) is 0 Å². The Hall–Kier alpha value is -3.81. The van der Waals surface area contributed by atoms with Crippen LogP contribution in [0.5, 0.6) is 0 Å². The fourth-order valence-electron chi connectivity index (χ4n) is 3.09. The van der Waals surface area contributed by atoms with Gasteiger partial charge in [0.2, 0.25) is 0 Å². The van der Waals surface area contributed by atoms with Gasteiger partial charge in [-0.1, -0.05) is 30.3 Å². The van der Waals surface area contributed by atoms with Crippen LogP contribution in [0.3, 0.4) is 0 Å². The number of nitrogens with zero attached hydrogens (tertiary/aromatic N) is 3. The normalized spacial score (nSPS) is 13.9. The molecule has 0 fully saturated rings. The Morgan fingerprint density at radius 2 is 1.53 bits per heavy atom. The molecular weight excluding hydrogens is 386 g/mol. The lowest BCUT2D eigenvalue weighted by Gasteiger charge is -2.29. The van der Waals surface area contributed by atoms with E-state index in [4.69, 9.17) is 9.47 Å². The van der Waals surface area contributed by atoms with Crippen LogP contribution in [0.1, 0.15) is 35.8 Å². The zero-order valence-corrected chi connectivity index (χ0v) is 16.6. The van der Waals surface area contributed by atoms with Crippen LogP contribution in [0, 0.1) is 0 Å². The first-order chi connectivity index (χ1) is 14.6. The molecule has 0 bridgehead atoms. The van der Waals surface area contributed by atoms with E-state index in [9.17, 15) is 14.4 Å². The molecule has 0 spiro atoms. The molecule has 8 nitrogen and oxygen atoms in total. The van der Waals surface area contributed by atoms with Crippen molar-refractivity contribution in [1.82, 2.24) is 14.9 Å². The van der Waals surface area contributed by atoms with Crippen LogP contribution in [-0.4, -0.2) is 45.9 Å². The lowest BCUT2D eigenvalue weighted by molar-refractivity contribution is -0.139. The zero-order chi connectivity index (χ0) is 21.5. The first kappa shape index (κ1) is 20.9. The van der Waals surface area contributed by atoms with E-state index >= 15 is 0 Å². The summed E-state index contributed by atoms with van der Waals surface area (Å²) in [4.78, 5) is 47.5. The number of ether oxygens (including phenoxy) is 2. The minimum absolute atomic E-state index is 0.0644. The van der Waals surface area contributed by atoms with Gasteiger partial charge in [0.1, 0.15) is 5.69 Å². The molecule has 8 heteroatoms. The smallest absolute Gasteiger partial charge is 0.336 e. The largest absolute Gasteiger partial charge is 0.463 e. The predicted octanol–water partition coefficient (Wildman–Crippen LogP) is 2.61. The Morgan fingerprint density at radius 3 is 2.03 bits per heavy atom. The van der Waals surface area contributed by atoms with Crippen LogP contribution in [0.4, 0.5) is 0 Å². The van der Waals surface area contributed by atoms with E-state index < -0.39 is 23.8 Å². The molecular formula is C22H21N3O5. The zero-order valence-electron chi connectivity index (χ0n) is 16.6. The van der Waals surface area contributed by atoms with E-state index in [2.05, 4.69) is 9.97 Å². The Bertz CT molecular complexity index is 950. The second-order valence-corrected chi connectivity index (χ2v) is 6.26. The van der Waals surface area contributed by atoms with Crippen LogP contribution in [0.15, 0.2) is 72.5 Å². The number of carbonyl (C=O) groups excluding carboxylic acids is 3. The van der Waals surface area contributed by atoms with Crippen LogP contribution < -0.4 is 0 Å². The summed E-state index contributed by atoms with van der Waals surface area (Å²) in [5.74, 6) is -2.54. The molecule has 0 saturated heterocycles. The predicted molar refractivity (Wildman–Crippen MR) is 107 cm³/mol. The number of esters is 2. The minimum Gasteiger partial charge on any atom is -0.463 e. The van der Waals surface area contributed by atoms with Gasteiger partial charge >= 0.3 is 11.9 Å². The number of hydrogen-bond acceptors (Lipinski definition) is 7. The molecule has 3 rings (SSSR count). The second kappa shape index (κ2) is 9.60. The van der Waals surface area contributed by atoms with E-state index in [1.54, 1.807) is 38.1 Å². The molecule has 0 radical (unpaired) electrons. The highest BCUT2D eigenvalue weighted by Crippen LogP contribution is 2.37. The van der Waals surface area contributed by atoms with Gasteiger partial charge < -0.3 is 9.47 Å². The Balaban J connectivity index is 2.13. The van der Waals surface area contributed by atoms with Crippen molar-refractivity contribution in [2.45, 2.75) is 19.8 Å². The van der Waals surface area contributed by atoms with E-state index in [0.717, 1.165) is 4.90 Å². The number of benzene rings is 1. The van der Waals surface area contributed by atoms with Gasteiger partial charge in [0.25, 0.3) is 5.91 Å². The number of aromatic nitrogens is 2. The summed E-state index contributed by atoms with van der Waals surface area (Å²) in [6, 6.07) is 9.03. The van der Waals surface area contributed by atoms with Crippen molar-refractivity contribution in [3.63, 3.8) is 0 Å². The maximum Gasteiger partial charge on any atom is 0.336 e. The van der Waals surface area contributed by atoms with Crippen LogP contribution >= 0.6 is 0 Å². The van der Waals surface area contributed by atoms with Crippen molar-refractivity contribution in [1.29, 1.82) is 0 Å². The van der Waals surface area contributed by atoms with Crippen molar-refractivity contribution in [2.24, 2.45) is 0 Å². The number of amides is 1. The third kappa shape index (κ3) is 4.43. The molecule has 2 aromatic rings. The highest BCUT2D eigenvalue weighted by Gasteiger charge is 2.37. The van der Waals surface area contributed by atoms with Crippen LogP contribution in [-0.2, 0) is 19.1 Å². The first-order valence-electron chi connectivity index (χ1n) is 9.48. The highest BCUT2D eigenvalue weighted by molar-refractivity contribution is 6.02. The standard InChI is InChI=1S/C22H21N3O5/c1-3-29-21(27)16-13-25(20(26)18-12-23-10-11-24-18)14-17(22(28)30-4-2)19(16)15-8-6-5-7-9-15/h5-14,19H,3-4H2,1-2H3. The molecule has 30 heavy (non-hydrogen) atoms. The van der Waals surface area contributed by atoms with E-state index in [-0.39, 0.29) is 30.1 Å². The molecule has 1 aliphatic heterocycles. The third-order valence-corrected chi connectivity index (χ3v) is 4.35. The molecule has 1 aliphatic rings. The van der Waals surface area contributed by atoms with E-state index in [1.807, 2.05) is 6.07 Å². The number of rotatable bonds is 6. The summed E-state index contributed by atoms with van der Waals surface area (Å²) in [5.41, 5.74) is 1.05. The summed E-state index contributed by atoms with van der Waals surface area (Å²) in [5, 5.41) is 0. The van der Waals surface area contributed by atoms with E-state index in [1.165, 1.54) is 31.0 Å². The van der Waals surface area contributed by atoms with Gasteiger partial charge in [0, 0.05) is 24.8 Å². The molecule has 154 valence electrons. The monoisotopic (exact) mass is 407 g/mol. The van der Waals surface area contributed by atoms with Crippen molar-refractivity contribution >= 4 is 17.8 Å². The summed E-state index contributed by atoms with van der Waals surface area (Å²) in [6.45, 7) is 3.66. The minimum atomic E-state index is -0.741. The van der Waals surface area contributed by atoms with Gasteiger partial charge in [-0.2, -0.15) is 0 Å². The molecule has 0 aliphatic carbocycles. The third-order valence-electron chi connectivity index (χ3n) is 4.35. The quantitative estimate of drug-likeness (QED) is 0.679. The topological polar surface area (TPSA) is 98.7 Å². The number of carbonyl (C=O) groups is 3. The molecule has 1 aromatic carbocycles. The van der Waals surface area contributed by atoms with Crippen LogP contribution in [0.2, 0.25) is 0 Å². The lowest BCUT2D eigenvalue weighted by Crippen LogP contribution is -2.32. The second-order valence-electron chi connectivity index (χ2n) is 6.26. The van der Waals surface area contributed by atoms with Gasteiger partial charge in [0.05, 0.1) is 36.5 Å². The molecule has 0 N–H and O–H groups in total. The fourth-order valence-corrected chi connectivity index (χ4v) is 3.09. The van der Waals surface area contributed by atoms with Gasteiger partial charge in [-0.25, -0.2) is 14.6 Å². The lowest BCUT2D eigenvalue weighted by atomic mass is 9.83. The average Bonchev–Trinajstić information content (AvgIpc) is 2.79. The van der Waals surface area contributed by atoms with Gasteiger partial charge in [-0.05, 0) is 19.4 Å². The maximum atomic E-state index is 12.9. The average molecular weight is 407 g/mol. The van der Waals surface area contributed by atoms with Crippen molar-refractivity contribution < 1.29 is 23.9 Å². The maximum absolute atomic E-state index is 12.9. The van der Waals surface area contributed by atoms with Gasteiger partial charge in [0.15, 0.2) is 0 Å². The highest BCUT2D eigenvalue weighted by atomic mass is 16.5. The fraction of sp³-hybridized carbons (Fsp3) is 0.227. The molecule has 0 saturated carbocycles. The van der Waals surface area contributed by atoms with Crippen molar-refractivity contribution in [3.8, 4) is 0 Å². The van der Waals surface area contributed by atoms with Gasteiger partial charge in [-0.3, -0.25) is 14.7 Å². The van der Waals surface area contributed by atoms with E-state index in [0.29, 0.717) is 5.56 Å². The SMILES string of the molecule is CCOC(=O)C1=CN(C(=O)c2cnccn2)C=C(C(=O)OCC)C1c1ccccc1. The summed E-state index contributed by atoms with van der Waals surface area (Å²) < 4.78 is 10.4. The number of hydrogen-bond donors (Lipinski definition) is 0. The Labute approximate surface area is 173 Å². The van der Waals surface area contributed by atoms with Crippen molar-refractivity contribution in [3.05, 3.63) is 83.7 Å². The first-order valence-corrected chi connectivity index (χ1v) is 9.48. The summed E-state index contributed by atoms with van der Waals surface area (Å²) in [6.07, 6.45) is 6.88. The molecule has 0 atom stereocenters. The summed E-state index contributed by atoms with van der Waals surface area (Å²) in [7, 11) is 0. The Kier molecular flexibility index (Phi) is 6.69. The van der Waals surface area contributed by atoms with Crippen LogP contribution in [0.25, 0.3) is 0 Å². The summed E-state index contributed by atoms with van der Waals surface area (Å²) >= 11 is 0. The molecule has 1 aromatic heterocycles. The van der Waals surface area contributed by atoms with Crippen molar-refractivity contribution in [2.75, 3.05) is 13.2 Å². The Morgan fingerprint density at radius 1 is 0.933 bits per heavy atom. The molecule has 2 heterocycles.